The SMILES string of the molecule is CCNC(=NCc1nc(-c2cccc(Cl)c2)no1)NCCCOC1CCOC1. The molecule has 1 aromatic carbocycles. The summed E-state index contributed by atoms with van der Waals surface area (Å²) in [4.78, 5) is 8.87. The summed E-state index contributed by atoms with van der Waals surface area (Å²) < 4.78 is 16.3. The first-order valence-electron chi connectivity index (χ1n) is 9.54. The van der Waals surface area contributed by atoms with Crippen molar-refractivity contribution in [1.82, 2.24) is 20.8 Å². The number of aliphatic imine (C=N–C) groups is 1. The molecule has 8 nitrogen and oxygen atoms in total. The van der Waals surface area contributed by atoms with Gasteiger partial charge in [-0.15, -0.1) is 0 Å². The highest BCUT2D eigenvalue weighted by Gasteiger charge is 2.15. The van der Waals surface area contributed by atoms with Crippen LogP contribution in [0.4, 0.5) is 0 Å². The number of ether oxygens (including phenoxy) is 2. The van der Waals surface area contributed by atoms with E-state index in [1.807, 2.05) is 19.1 Å². The van der Waals surface area contributed by atoms with Gasteiger partial charge in [-0.2, -0.15) is 4.98 Å². The molecule has 1 fully saturated rings. The molecule has 0 bridgehead atoms. The minimum atomic E-state index is 0.244. The van der Waals surface area contributed by atoms with Crippen LogP contribution >= 0.6 is 11.6 Å². The maximum Gasteiger partial charge on any atom is 0.248 e. The van der Waals surface area contributed by atoms with Gasteiger partial charge in [0.2, 0.25) is 11.7 Å². The Labute approximate surface area is 169 Å². The summed E-state index contributed by atoms with van der Waals surface area (Å²) in [6, 6.07) is 7.33. The van der Waals surface area contributed by atoms with E-state index in [0.29, 0.717) is 42.5 Å². The molecule has 2 aromatic rings. The molecule has 0 aliphatic carbocycles. The summed E-state index contributed by atoms with van der Waals surface area (Å²) in [5, 5.41) is 11.1. The molecule has 2 heterocycles. The zero-order chi connectivity index (χ0) is 19.6. The van der Waals surface area contributed by atoms with Crippen molar-refractivity contribution < 1.29 is 14.0 Å². The van der Waals surface area contributed by atoms with E-state index in [9.17, 15) is 0 Å². The number of hydrogen-bond acceptors (Lipinski definition) is 6. The second-order valence-corrected chi connectivity index (χ2v) is 6.79. The second-order valence-electron chi connectivity index (χ2n) is 6.35. The van der Waals surface area contributed by atoms with E-state index in [1.165, 1.54) is 0 Å². The molecule has 1 aliphatic heterocycles. The Bertz CT molecular complexity index is 762. The highest BCUT2D eigenvalue weighted by molar-refractivity contribution is 6.30. The van der Waals surface area contributed by atoms with Crippen LogP contribution < -0.4 is 10.6 Å². The van der Waals surface area contributed by atoms with E-state index in [4.69, 9.17) is 25.6 Å². The third-order valence-electron chi connectivity index (χ3n) is 4.12. The van der Waals surface area contributed by atoms with E-state index in [-0.39, 0.29) is 6.10 Å². The van der Waals surface area contributed by atoms with E-state index in [0.717, 1.165) is 38.1 Å². The fourth-order valence-corrected chi connectivity index (χ4v) is 2.92. The van der Waals surface area contributed by atoms with E-state index >= 15 is 0 Å². The molecule has 1 saturated heterocycles. The van der Waals surface area contributed by atoms with Gasteiger partial charge in [-0.25, -0.2) is 4.99 Å². The van der Waals surface area contributed by atoms with E-state index in [1.54, 1.807) is 12.1 Å². The molecule has 1 atom stereocenters. The van der Waals surface area contributed by atoms with Gasteiger partial charge in [0.05, 0.1) is 12.7 Å². The number of rotatable bonds is 9. The minimum Gasteiger partial charge on any atom is -0.379 e. The quantitative estimate of drug-likeness (QED) is 0.375. The van der Waals surface area contributed by atoms with Crippen LogP contribution in [0.5, 0.6) is 0 Å². The Morgan fingerprint density at radius 3 is 3.11 bits per heavy atom. The van der Waals surface area contributed by atoms with Crippen LogP contribution in [0.2, 0.25) is 5.02 Å². The van der Waals surface area contributed by atoms with Gasteiger partial charge in [-0.1, -0.05) is 28.9 Å². The minimum absolute atomic E-state index is 0.244. The maximum atomic E-state index is 6.01. The average molecular weight is 408 g/mol. The van der Waals surface area contributed by atoms with Crippen molar-refractivity contribution in [3.63, 3.8) is 0 Å². The van der Waals surface area contributed by atoms with E-state index in [2.05, 4.69) is 25.8 Å². The molecule has 1 unspecified atom stereocenters. The van der Waals surface area contributed by atoms with Gasteiger partial charge in [0.25, 0.3) is 0 Å². The smallest absolute Gasteiger partial charge is 0.248 e. The third kappa shape index (κ3) is 6.47. The van der Waals surface area contributed by atoms with Gasteiger partial charge < -0.3 is 24.6 Å². The Balaban J connectivity index is 1.45. The lowest BCUT2D eigenvalue weighted by Crippen LogP contribution is -2.38. The van der Waals surface area contributed by atoms with Crippen molar-refractivity contribution in [3.05, 3.63) is 35.2 Å². The topological polar surface area (TPSA) is 93.8 Å². The molecular formula is C19H26ClN5O3. The monoisotopic (exact) mass is 407 g/mol. The van der Waals surface area contributed by atoms with Crippen LogP contribution in [0.25, 0.3) is 11.4 Å². The van der Waals surface area contributed by atoms with Gasteiger partial charge in [-0.05, 0) is 31.9 Å². The third-order valence-corrected chi connectivity index (χ3v) is 4.36. The molecule has 1 aromatic heterocycles. The summed E-state index contributed by atoms with van der Waals surface area (Å²) in [6.07, 6.45) is 2.12. The van der Waals surface area contributed by atoms with Crippen LogP contribution in [-0.2, 0) is 16.0 Å². The number of nitrogens with zero attached hydrogens (tertiary/aromatic N) is 3. The number of benzene rings is 1. The number of guanidine groups is 1. The molecular weight excluding hydrogens is 382 g/mol. The summed E-state index contributed by atoms with van der Waals surface area (Å²) in [6.45, 7) is 6.04. The van der Waals surface area contributed by atoms with Crippen LogP contribution in [0, 0.1) is 0 Å². The summed E-state index contributed by atoms with van der Waals surface area (Å²) in [5.74, 6) is 1.64. The maximum absolute atomic E-state index is 6.01. The van der Waals surface area contributed by atoms with Crippen LogP contribution in [0.1, 0.15) is 25.7 Å². The summed E-state index contributed by atoms with van der Waals surface area (Å²) >= 11 is 6.01. The lowest BCUT2D eigenvalue weighted by Gasteiger charge is -2.12. The normalized spacial score (nSPS) is 17.1. The molecule has 152 valence electrons. The standard InChI is InChI=1S/C19H26ClN5O3/c1-2-21-19(22-8-4-9-27-16-7-10-26-13-16)23-12-17-24-18(25-28-17)14-5-3-6-15(20)11-14/h3,5-6,11,16H,2,4,7-10,12-13H2,1H3,(H2,21,22,23). The zero-order valence-corrected chi connectivity index (χ0v) is 16.7. The Kier molecular flexibility index (Phi) is 8.07. The Morgan fingerprint density at radius 1 is 1.39 bits per heavy atom. The van der Waals surface area contributed by atoms with Crippen LogP contribution in [0.3, 0.4) is 0 Å². The Morgan fingerprint density at radius 2 is 2.32 bits per heavy atom. The molecule has 3 rings (SSSR count). The van der Waals surface area contributed by atoms with Gasteiger partial charge in [0, 0.05) is 36.9 Å². The number of hydrogen-bond donors (Lipinski definition) is 2. The first-order chi connectivity index (χ1) is 13.7. The lowest BCUT2D eigenvalue weighted by molar-refractivity contribution is 0.0420. The van der Waals surface area contributed by atoms with Crippen molar-refractivity contribution in [2.75, 3.05) is 32.9 Å². The fourth-order valence-electron chi connectivity index (χ4n) is 2.73. The summed E-state index contributed by atoms with van der Waals surface area (Å²) in [5.41, 5.74) is 0.809. The molecule has 28 heavy (non-hydrogen) atoms. The Hall–Kier alpha value is -2.16. The highest BCUT2D eigenvalue weighted by Crippen LogP contribution is 2.20. The number of aromatic nitrogens is 2. The van der Waals surface area contributed by atoms with Crippen molar-refractivity contribution >= 4 is 17.6 Å². The van der Waals surface area contributed by atoms with Gasteiger partial charge in [-0.3, -0.25) is 0 Å². The van der Waals surface area contributed by atoms with Crippen LogP contribution in [0.15, 0.2) is 33.8 Å². The fraction of sp³-hybridized carbons (Fsp3) is 0.526. The average Bonchev–Trinajstić information content (AvgIpc) is 3.38. The molecule has 0 spiro atoms. The first kappa shape index (κ1) is 20.6. The van der Waals surface area contributed by atoms with Gasteiger partial charge in [0.15, 0.2) is 5.96 Å². The zero-order valence-electron chi connectivity index (χ0n) is 16.0. The highest BCUT2D eigenvalue weighted by atomic mass is 35.5. The molecule has 0 amide bonds. The summed E-state index contributed by atoms with van der Waals surface area (Å²) in [7, 11) is 0. The molecule has 2 N–H and O–H groups in total. The largest absolute Gasteiger partial charge is 0.379 e. The van der Waals surface area contributed by atoms with E-state index < -0.39 is 0 Å². The predicted molar refractivity (Wildman–Crippen MR) is 107 cm³/mol. The van der Waals surface area contributed by atoms with Crippen molar-refractivity contribution in [3.8, 4) is 11.4 Å². The van der Waals surface area contributed by atoms with Crippen molar-refractivity contribution in [2.45, 2.75) is 32.4 Å². The molecule has 0 radical (unpaired) electrons. The van der Waals surface area contributed by atoms with Crippen LogP contribution in [-0.4, -0.2) is 55.1 Å². The number of nitrogens with one attached hydrogen (secondary N) is 2. The number of halogens is 1. The molecule has 0 saturated carbocycles. The predicted octanol–water partition coefficient (Wildman–Crippen LogP) is 2.64. The lowest BCUT2D eigenvalue weighted by atomic mass is 10.2. The van der Waals surface area contributed by atoms with Gasteiger partial charge >= 0.3 is 0 Å². The first-order valence-corrected chi connectivity index (χ1v) is 9.92. The second kappa shape index (κ2) is 11.0. The van der Waals surface area contributed by atoms with Crippen molar-refractivity contribution in [2.24, 2.45) is 4.99 Å². The van der Waals surface area contributed by atoms with Crippen molar-refractivity contribution in [1.29, 1.82) is 0 Å². The van der Waals surface area contributed by atoms with Gasteiger partial charge in [0.1, 0.15) is 6.54 Å². The molecule has 9 heteroatoms. The molecule has 1 aliphatic rings.